The van der Waals surface area contributed by atoms with Gasteiger partial charge in [-0.1, -0.05) is 41.9 Å². The van der Waals surface area contributed by atoms with Crippen LogP contribution in [-0.4, -0.2) is 9.78 Å². The molecule has 0 aliphatic carbocycles. The summed E-state index contributed by atoms with van der Waals surface area (Å²) in [6.45, 7) is 0. The van der Waals surface area contributed by atoms with Gasteiger partial charge in [-0.25, -0.2) is 0 Å². The molecule has 0 saturated carbocycles. The molecule has 1 unspecified atom stereocenters. The smallest absolute Gasteiger partial charge is 0.0834 e. The number of nitrogens with one attached hydrogen (secondary N) is 1. The van der Waals surface area contributed by atoms with E-state index in [9.17, 15) is 0 Å². The summed E-state index contributed by atoms with van der Waals surface area (Å²) >= 11 is 6.11. The van der Waals surface area contributed by atoms with E-state index in [1.807, 2.05) is 25.2 Å². The van der Waals surface area contributed by atoms with Gasteiger partial charge in [0.15, 0.2) is 0 Å². The molecule has 3 N–H and O–H groups in total. The van der Waals surface area contributed by atoms with Gasteiger partial charge < -0.3 is 0 Å². The molecule has 1 aromatic carbocycles. The zero-order chi connectivity index (χ0) is 12.3. The maximum atomic E-state index is 6.11. The lowest BCUT2D eigenvalue weighted by molar-refractivity contribution is 0.508. The highest BCUT2D eigenvalue weighted by Gasteiger charge is 2.18. The van der Waals surface area contributed by atoms with Crippen LogP contribution in [0, 0.1) is 0 Å². The Kier molecular flexibility index (Phi) is 3.78. The lowest BCUT2D eigenvalue weighted by atomic mass is 10.0. The number of aromatic nitrogens is 2. The van der Waals surface area contributed by atoms with E-state index in [4.69, 9.17) is 17.4 Å². The van der Waals surface area contributed by atoms with Crippen LogP contribution in [0.1, 0.15) is 17.3 Å². The van der Waals surface area contributed by atoms with Crippen molar-refractivity contribution in [2.45, 2.75) is 12.5 Å². The third kappa shape index (κ3) is 2.66. The summed E-state index contributed by atoms with van der Waals surface area (Å²) in [6.07, 6.45) is 2.41. The number of nitrogens with zero attached hydrogens (tertiary/aromatic N) is 2. The molecule has 0 saturated heterocycles. The normalized spacial score (nSPS) is 12.6. The fraction of sp³-hybridized carbons (Fsp3) is 0.250. The van der Waals surface area contributed by atoms with Crippen LogP contribution < -0.4 is 11.3 Å². The van der Waals surface area contributed by atoms with Gasteiger partial charge in [0.25, 0.3) is 0 Å². The molecule has 0 bridgehead atoms. The van der Waals surface area contributed by atoms with Crippen molar-refractivity contribution in [2.24, 2.45) is 12.9 Å². The van der Waals surface area contributed by atoms with Gasteiger partial charge in [-0.15, -0.1) is 0 Å². The van der Waals surface area contributed by atoms with Crippen LogP contribution >= 0.6 is 11.6 Å². The second-order valence-corrected chi connectivity index (χ2v) is 4.32. The lowest BCUT2D eigenvalue weighted by Gasteiger charge is -2.16. The van der Waals surface area contributed by atoms with Crippen LogP contribution in [0.5, 0.6) is 0 Å². The summed E-state index contributed by atoms with van der Waals surface area (Å²) in [4.78, 5) is 0. The Labute approximate surface area is 105 Å². The first-order valence-electron chi connectivity index (χ1n) is 5.40. The summed E-state index contributed by atoms with van der Waals surface area (Å²) in [5.41, 5.74) is 4.89. The van der Waals surface area contributed by atoms with Crippen molar-refractivity contribution in [2.75, 3.05) is 0 Å². The zero-order valence-electron chi connectivity index (χ0n) is 9.60. The molecule has 0 amide bonds. The minimum Gasteiger partial charge on any atom is -0.271 e. The third-order valence-corrected chi connectivity index (χ3v) is 3.04. The van der Waals surface area contributed by atoms with Crippen molar-refractivity contribution in [3.05, 3.63) is 52.8 Å². The summed E-state index contributed by atoms with van der Waals surface area (Å²) < 4.78 is 1.75. The molecule has 1 heterocycles. The van der Waals surface area contributed by atoms with Crippen LogP contribution in [0.15, 0.2) is 36.5 Å². The largest absolute Gasteiger partial charge is 0.271 e. The molecule has 1 aromatic heterocycles. The van der Waals surface area contributed by atoms with E-state index >= 15 is 0 Å². The standard InChI is InChI=1S/C12H15ClN4/c1-17-12(10(13)8-15-17)11(16-14)7-9-5-3-2-4-6-9/h2-6,8,11,16H,7,14H2,1H3. The second-order valence-electron chi connectivity index (χ2n) is 3.91. The Bertz CT molecular complexity index is 461. The van der Waals surface area contributed by atoms with E-state index in [1.165, 1.54) is 5.56 Å². The first-order valence-corrected chi connectivity index (χ1v) is 5.77. The van der Waals surface area contributed by atoms with Crippen molar-refractivity contribution >= 4 is 11.6 Å². The molecule has 90 valence electrons. The highest BCUT2D eigenvalue weighted by atomic mass is 35.5. The predicted octanol–water partition coefficient (Wildman–Crippen LogP) is 1.82. The molecule has 0 radical (unpaired) electrons. The Morgan fingerprint density at radius 2 is 2.12 bits per heavy atom. The molecule has 5 heteroatoms. The molecule has 0 aliphatic rings. The average Bonchev–Trinajstić information content (AvgIpc) is 2.68. The predicted molar refractivity (Wildman–Crippen MR) is 68.4 cm³/mol. The summed E-state index contributed by atoms with van der Waals surface area (Å²) in [7, 11) is 1.86. The number of hydrogen-bond donors (Lipinski definition) is 2. The van der Waals surface area contributed by atoms with E-state index < -0.39 is 0 Å². The monoisotopic (exact) mass is 250 g/mol. The minimum absolute atomic E-state index is 0.0441. The van der Waals surface area contributed by atoms with Gasteiger partial charge in [-0.2, -0.15) is 5.10 Å². The topological polar surface area (TPSA) is 55.9 Å². The summed E-state index contributed by atoms with van der Waals surface area (Å²) in [6, 6.07) is 10.1. The molecule has 0 fully saturated rings. The van der Waals surface area contributed by atoms with Crippen molar-refractivity contribution in [3.8, 4) is 0 Å². The van der Waals surface area contributed by atoms with Gasteiger partial charge in [-0.3, -0.25) is 16.0 Å². The van der Waals surface area contributed by atoms with Crippen LogP contribution in [0.4, 0.5) is 0 Å². The first kappa shape index (κ1) is 12.1. The highest BCUT2D eigenvalue weighted by Crippen LogP contribution is 2.24. The van der Waals surface area contributed by atoms with E-state index in [-0.39, 0.29) is 6.04 Å². The van der Waals surface area contributed by atoms with Crippen molar-refractivity contribution in [1.82, 2.24) is 15.2 Å². The van der Waals surface area contributed by atoms with Gasteiger partial charge >= 0.3 is 0 Å². The molecular weight excluding hydrogens is 236 g/mol. The number of rotatable bonds is 4. The molecule has 2 rings (SSSR count). The number of halogens is 1. The Morgan fingerprint density at radius 1 is 1.41 bits per heavy atom. The van der Waals surface area contributed by atoms with Gasteiger partial charge in [-0.05, 0) is 12.0 Å². The first-order chi connectivity index (χ1) is 8.22. The molecule has 2 aromatic rings. The van der Waals surface area contributed by atoms with Gasteiger partial charge in [0.1, 0.15) is 0 Å². The maximum Gasteiger partial charge on any atom is 0.0834 e. The van der Waals surface area contributed by atoms with Gasteiger partial charge in [0, 0.05) is 7.05 Å². The van der Waals surface area contributed by atoms with Crippen LogP contribution in [0.25, 0.3) is 0 Å². The molecular formula is C12H15ClN4. The Hall–Kier alpha value is -1.36. The fourth-order valence-electron chi connectivity index (χ4n) is 1.90. The minimum atomic E-state index is -0.0441. The molecule has 0 aliphatic heterocycles. The lowest BCUT2D eigenvalue weighted by Crippen LogP contribution is -2.31. The second kappa shape index (κ2) is 5.31. The summed E-state index contributed by atoms with van der Waals surface area (Å²) in [5, 5.41) is 4.75. The van der Waals surface area contributed by atoms with Crippen molar-refractivity contribution in [3.63, 3.8) is 0 Å². The van der Waals surface area contributed by atoms with Gasteiger partial charge in [0.2, 0.25) is 0 Å². The number of nitrogens with two attached hydrogens (primary N) is 1. The average molecular weight is 251 g/mol. The quantitative estimate of drug-likeness (QED) is 0.643. The molecule has 4 nitrogen and oxygen atoms in total. The Balaban J connectivity index is 2.23. The SMILES string of the molecule is Cn1ncc(Cl)c1C(Cc1ccccc1)NN. The summed E-state index contributed by atoms with van der Waals surface area (Å²) in [5.74, 6) is 5.60. The van der Waals surface area contributed by atoms with E-state index in [0.717, 1.165) is 12.1 Å². The third-order valence-electron chi connectivity index (χ3n) is 2.75. The molecule has 0 spiro atoms. The number of benzene rings is 1. The van der Waals surface area contributed by atoms with Crippen LogP contribution in [0.3, 0.4) is 0 Å². The maximum absolute atomic E-state index is 6.11. The highest BCUT2D eigenvalue weighted by molar-refractivity contribution is 6.31. The van der Waals surface area contributed by atoms with E-state index in [1.54, 1.807) is 10.9 Å². The van der Waals surface area contributed by atoms with Crippen LogP contribution in [0.2, 0.25) is 5.02 Å². The fourth-order valence-corrected chi connectivity index (χ4v) is 2.19. The van der Waals surface area contributed by atoms with Gasteiger partial charge in [0.05, 0.1) is 23.0 Å². The number of hydrogen-bond acceptors (Lipinski definition) is 3. The molecule has 17 heavy (non-hydrogen) atoms. The van der Waals surface area contributed by atoms with Crippen LogP contribution in [-0.2, 0) is 13.5 Å². The van der Waals surface area contributed by atoms with E-state index in [2.05, 4.69) is 22.7 Å². The van der Waals surface area contributed by atoms with E-state index in [0.29, 0.717) is 5.02 Å². The zero-order valence-corrected chi connectivity index (χ0v) is 10.4. The Morgan fingerprint density at radius 3 is 2.65 bits per heavy atom. The van der Waals surface area contributed by atoms with Crippen molar-refractivity contribution in [1.29, 1.82) is 0 Å². The number of aryl methyl sites for hydroxylation is 1. The number of hydrazine groups is 1. The van der Waals surface area contributed by atoms with Crippen molar-refractivity contribution < 1.29 is 0 Å². The molecule has 1 atom stereocenters.